The summed E-state index contributed by atoms with van der Waals surface area (Å²) in [6.45, 7) is 4.59. The van der Waals surface area contributed by atoms with Crippen molar-refractivity contribution in [3.8, 4) is 0 Å². The third kappa shape index (κ3) is 5.40. The summed E-state index contributed by atoms with van der Waals surface area (Å²) in [6.07, 6.45) is 4.46. The first-order chi connectivity index (χ1) is 12.3. The zero-order valence-corrected chi connectivity index (χ0v) is 15.6. The van der Waals surface area contributed by atoms with Gasteiger partial charge in [0.25, 0.3) is 5.91 Å². The lowest BCUT2D eigenvalue weighted by Gasteiger charge is -2.17. The van der Waals surface area contributed by atoms with Crippen molar-refractivity contribution < 1.29 is 22.7 Å². The molecule has 0 saturated carbocycles. The van der Waals surface area contributed by atoms with Crippen molar-refractivity contribution in [2.45, 2.75) is 43.6 Å². The van der Waals surface area contributed by atoms with Crippen LogP contribution in [0.2, 0.25) is 0 Å². The first kappa shape index (κ1) is 20.1. The van der Waals surface area contributed by atoms with Gasteiger partial charge in [-0.3, -0.25) is 9.59 Å². The molecule has 0 unspecified atom stereocenters. The number of carbonyl (C=O) groups is 2. The number of hydrogen-bond donors (Lipinski definition) is 2. The zero-order chi connectivity index (χ0) is 19.2. The molecule has 1 aromatic rings. The Morgan fingerprint density at radius 2 is 1.96 bits per heavy atom. The second-order valence-electron chi connectivity index (χ2n) is 6.13. The fourth-order valence-corrected chi connectivity index (χ4v) is 3.74. The highest BCUT2D eigenvalue weighted by atomic mass is 32.2. The first-order valence-electron chi connectivity index (χ1n) is 8.53. The van der Waals surface area contributed by atoms with E-state index in [9.17, 15) is 18.0 Å². The molecule has 0 radical (unpaired) electrons. The molecule has 1 aliphatic carbocycles. The summed E-state index contributed by atoms with van der Waals surface area (Å²) in [5, 5.41) is 2.49. The van der Waals surface area contributed by atoms with Gasteiger partial charge in [-0.1, -0.05) is 12.1 Å². The number of nitrogens with one attached hydrogen (secondary N) is 2. The van der Waals surface area contributed by atoms with Gasteiger partial charge in [-0.25, -0.2) is 8.42 Å². The average Bonchev–Trinajstić information content (AvgIpc) is 2.64. The van der Waals surface area contributed by atoms with E-state index in [4.69, 9.17) is 4.74 Å². The quantitative estimate of drug-likeness (QED) is 0.519. The third-order valence-electron chi connectivity index (χ3n) is 4.13. The number of benzene rings is 1. The molecule has 142 valence electrons. The van der Waals surface area contributed by atoms with E-state index in [1.54, 1.807) is 12.1 Å². The Hall–Kier alpha value is -2.19. The number of rotatable bonds is 8. The van der Waals surface area contributed by atoms with Gasteiger partial charge in [0.15, 0.2) is 6.10 Å². The topological polar surface area (TPSA) is 102 Å². The summed E-state index contributed by atoms with van der Waals surface area (Å²) >= 11 is 0. The number of aryl methyl sites for hydroxylation is 2. The molecule has 26 heavy (non-hydrogen) atoms. The number of amides is 1. The maximum Gasteiger partial charge on any atom is 0.321 e. The van der Waals surface area contributed by atoms with E-state index in [1.807, 2.05) is 6.07 Å². The molecule has 0 spiro atoms. The lowest BCUT2D eigenvalue weighted by Crippen LogP contribution is -2.38. The van der Waals surface area contributed by atoms with E-state index in [2.05, 4.69) is 16.6 Å². The minimum Gasteiger partial charge on any atom is -0.452 e. The van der Waals surface area contributed by atoms with Gasteiger partial charge in [-0.2, -0.15) is 4.72 Å². The summed E-state index contributed by atoms with van der Waals surface area (Å²) in [7, 11) is -3.82. The van der Waals surface area contributed by atoms with Gasteiger partial charge < -0.3 is 10.1 Å². The molecule has 2 N–H and O–H groups in total. The van der Waals surface area contributed by atoms with Gasteiger partial charge in [-0.15, -0.1) is 6.58 Å². The highest BCUT2D eigenvalue weighted by Gasteiger charge is 2.21. The van der Waals surface area contributed by atoms with Crippen LogP contribution in [0.3, 0.4) is 0 Å². The Bertz CT molecular complexity index is 789. The van der Waals surface area contributed by atoms with Crippen LogP contribution in [0.4, 0.5) is 0 Å². The van der Waals surface area contributed by atoms with Crippen molar-refractivity contribution in [1.29, 1.82) is 0 Å². The zero-order valence-electron chi connectivity index (χ0n) is 14.8. The predicted octanol–water partition coefficient (Wildman–Crippen LogP) is 1.08. The van der Waals surface area contributed by atoms with Crippen LogP contribution in [0.15, 0.2) is 35.7 Å². The van der Waals surface area contributed by atoms with Gasteiger partial charge in [0.05, 0.1) is 4.90 Å². The SMILES string of the molecule is C=CCNC(=O)[C@H](C)OC(=O)CNS(=O)(=O)c1ccc2c(c1)CCCC2. The Kier molecular flexibility index (Phi) is 6.93. The van der Waals surface area contributed by atoms with Gasteiger partial charge in [0.1, 0.15) is 6.54 Å². The molecule has 0 heterocycles. The highest BCUT2D eigenvalue weighted by Crippen LogP contribution is 2.23. The van der Waals surface area contributed by atoms with Crippen LogP contribution < -0.4 is 10.0 Å². The second-order valence-corrected chi connectivity index (χ2v) is 7.90. The number of esters is 1. The van der Waals surface area contributed by atoms with Crippen LogP contribution in [0, 0.1) is 0 Å². The molecular weight excluding hydrogens is 356 g/mol. The van der Waals surface area contributed by atoms with Gasteiger partial charge in [0, 0.05) is 6.54 Å². The number of fused-ring (bicyclic) bond motifs is 1. The smallest absolute Gasteiger partial charge is 0.321 e. The number of carbonyl (C=O) groups excluding carboxylic acids is 2. The predicted molar refractivity (Wildman–Crippen MR) is 97.0 cm³/mol. The fourth-order valence-electron chi connectivity index (χ4n) is 2.72. The lowest BCUT2D eigenvalue weighted by molar-refractivity contribution is -0.153. The van der Waals surface area contributed by atoms with Crippen LogP contribution in [0.1, 0.15) is 30.9 Å². The van der Waals surface area contributed by atoms with E-state index in [1.165, 1.54) is 18.6 Å². The molecule has 1 atom stereocenters. The molecule has 1 aromatic carbocycles. The third-order valence-corrected chi connectivity index (χ3v) is 5.53. The van der Waals surface area contributed by atoms with Gasteiger partial charge in [0.2, 0.25) is 10.0 Å². The van der Waals surface area contributed by atoms with Crippen LogP contribution in [0.5, 0.6) is 0 Å². The molecule has 0 fully saturated rings. The summed E-state index contributed by atoms with van der Waals surface area (Å²) in [5.74, 6) is -1.30. The van der Waals surface area contributed by atoms with Crippen molar-refractivity contribution in [3.63, 3.8) is 0 Å². The Morgan fingerprint density at radius 3 is 2.65 bits per heavy atom. The van der Waals surface area contributed by atoms with Gasteiger partial charge in [-0.05, 0) is 55.9 Å². The summed E-state index contributed by atoms with van der Waals surface area (Å²) in [5.41, 5.74) is 2.21. The molecule has 0 aliphatic heterocycles. The molecule has 2 rings (SSSR count). The maximum absolute atomic E-state index is 12.4. The van der Waals surface area contributed by atoms with Crippen LogP contribution in [0.25, 0.3) is 0 Å². The molecule has 0 saturated heterocycles. The van der Waals surface area contributed by atoms with Gasteiger partial charge >= 0.3 is 5.97 Å². The maximum atomic E-state index is 12.4. The van der Waals surface area contributed by atoms with Crippen molar-refractivity contribution >= 4 is 21.9 Å². The van der Waals surface area contributed by atoms with Crippen LogP contribution in [-0.2, 0) is 37.2 Å². The van der Waals surface area contributed by atoms with E-state index in [-0.39, 0.29) is 11.4 Å². The summed E-state index contributed by atoms with van der Waals surface area (Å²) in [4.78, 5) is 23.5. The van der Waals surface area contributed by atoms with Crippen LogP contribution in [-0.4, -0.2) is 39.5 Å². The molecule has 0 bridgehead atoms. The number of ether oxygens (including phenoxy) is 1. The van der Waals surface area contributed by atoms with Crippen molar-refractivity contribution in [3.05, 3.63) is 42.0 Å². The standard InChI is InChI=1S/C18H24N2O5S/c1-3-10-19-18(22)13(2)25-17(21)12-20-26(23,24)16-9-8-14-6-4-5-7-15(14)11-16/h3,8-9,11,13,20H,1,4-7,10,12H2,2H3,(H,19,22)/t13-/m0/s1. The monoisotopic (exact) mass is 380 g/mol. The van der Waals surface area contributed by atoms with Crippen LogP contribution >= 0.6 is 0 Å². The van der Waals surface area contributed by atoms with E-state index >= 15 is 0 Å². The molecule has 1 amide bonds. The van der Waals surface area contributed by atoms with E-state index in [0.717, 1.165) is 31.2 Å². The molecule has 8 heteroatoms. The lowest BCUT2D eigenvalue weighted by atomic mass is 9.92. The average molecular weight is 380 g/mol. The van der Waals surface area contributed by atoms with Crippen molar-refractivity contribution in [1.82, 2.24) is 10.0 Å². The highest BCUT2D eigenvalue weighted by molar-refractivity contribution is 7.89. The van der Waals surface area contributed by atoms with Crippen molar-refractivity contribution in [2.24, 2.45) is 0 Å². The first-order valence-corrected chi connectivity index (χ1v) is 10.0. The summed E-state index contributed by atoms with van der Waals surface area (Å²) in [6, 6.07) is 5.03. The molecule has 1 aliphatic rings. The Labute approximate surface area is 153 Å². The number of hydrogen-bond acceptors (Lipinski definition) is 5. The van der Waals surface area contributed by atoms with E-state index in [0.29, 0.717) is 0 Å². The second kappa shape index (κ2) is 8.95. The minimum atomic E-state index is -3.82. The summed E-state index contributed by atoms with van der Waals surface area (Å²) < 4.78 is 31.9. The minimum absolute atomic E-state index is 0.128. The Morgan fingerprint density at radius 1 is 1.27 bits per heavy atom. The fraction of sp³-hybridized carbons (Fsp3) is 0.444. The number of sulfonamides is 1. The Balaban J connectivity index is 1.92. The normalized spacial score (nSPS) is 14.8. The van der Waals surface area contributed by atoms with Crippen molar-refractivity contribution in [2.75, 3.05) is 13.1 Å². The molecule has 7 nitrogen and oxygen atoms in total. The molecule has 0 aromatic heterocycles. The molecular formula is C18H24N2O5S. The van der Waals surface area contributed by atoms with E-state index < -0.39 is 34.5 Å². The largest absolute Gasteiger partial charge is 0.452 e.